The van der Waals surface area contributed by atoms with Crippen molar-refractivity contribution >= 4 is 11.6 Å². The normalized spacial score (nSPS) is 28.9. The van der Waals surface area contributed by atoms with Crippen molar-refractivity contribution in [2.24, 2.45) is 0 Å². The molecule has 4 atom stereocenters. The molecule has 0 aromatic carbocycles. The van der Waals surface area contributed by atoms with Crippen molar-refractivity contribution in [2.75, 3.05) is 45.7 Å². The van der Waals surface area contributed by atoms with Crippen LogP contribution >= 0.6 is 0 Å². The molecule has 3 fully saturated rings. The Morgan fingerprint density at radius 3 is 2.68 bits per heavy atom. The average molecular weight is 523 g/mol. The van der Waals surface area contributed by atoms with Crippen LogP contribution < -0.4 is 9.64 Å². The number of ether oxygens (including phenoxy) is 1. The topological polar surface area (TPSA) is 87.8 Å². The van der Waals surface area contributed by atoms with Gasteiger partial charge in [0.15, 0.2) is 17.3 Å². The van der Waals surface area contributed by atoms with Crippen molar-refractivity contribution < 1.29 is 14.1 Å². The molecule has 9 nitrogen and oxygen atoms in total. The zero-order valence-corrected chi connectivity index (χ0v) is 23.4. The fourth-order valence-corrected chi connectivity index (χ4v) is 7.28. The van der Waals surface area contributed by atoms with Crippen LogP contribution in [0, 0.1) is 0 Å². The fraction of sp³-hybridized carbons (Fsp3) is 0.724. The van der Waals surface area contributed by atoms with Crippen LogP contribution in [-0.2, 0) is 16.6 Å². The number of carbonyl (C=O) groups excluding carboxylic acids is 1. The largest absolute Gasteiger partial charge is 0.473 e. The lowest BCUT2D eigenvalue weighted by Gasteiger charge is -2.36. The second kappa shape index (κ2) is 10.2. The third-order valence-corrected chi connectivity index (χ3v) is 9.59. The zero-order chi connectivity index (χ0) is 26.4. The van der Waals surface area contributed by atoms with Gasteiger partial charge in [0.25, 0.3) is 0 Å². The maximum Gasteiger partial charge on any atom is 0.219 e. The lowest BCUT2D eigenvalue weighted by Crippen LogP contribution is -2.41. The molecular weight excluding hydrogens is 480 g/mol. The van der Waals surface area contributed by atoms with E-state index in [0.29, 0.717) is 41.7 Å². The summed E-state index contributed by atoms with van der Waals surface area (Å²) in [5.41, 5.74) is 1.19. The van der Waals surface area contributed by atoms with E-state index in [4.69, 9.17) is 19.2 Å². The number of hydrogen-bond acceptors (Lipinski definition) is 9. The Morgan fingerprint density at radius 2 is 1.95 bits per heavy atom. The van der Waals surface area contributed by atoms with Crippen molar-refractivity contribution in [2.45, 2.75) is 94.7 Å². The minimum atomic E-state index is -0.510. The smallest absolute Gasteiger partial charge is 0.219 e. The molecule has 2 aromatic rings. The summed E-state index contributed by atoms with van der Waals surface area (Å²) >= 11 is 0. The molecule has 4 heterocycles. The molecule has 206 valence electrons. The predicted octanol–water partition coefficient (Wildman–Crippen LogP) is 3.85. The lowest BCUT2D eigenvalue weighted by atomic mass is 9.64. The third kappa shape index (κ3) is 4.51. The Balaban J connectivity index is 1.37. The molecule has 38 heavy (non-hydrogen) atoms. The highest BCUT2D eigenvalue weighted by Gasteiger charge is 2.48. The van der Waals surface area contributed by atoms with Gasteiger partial charge in [0.1, 0.15) is 17.7 Å². The number of hydrogen-bond donors (Lipinski definition) is 0. The Hall–Kier alpha value is -2.52. The first kappa shape index (κ1) is 25.7. The first-order valence-corrected chi connectivity index (χ1v) is 14.6. The number of likely N-dealkylation sites (tertiary alicyclic amines) is 1. The molecule has 1 spiro atoms. The van der Waals surface area contributed by atoms with Gasteiger partial charge in [0.05, 0.1) is 5.41 Å². The first-order chi connectivity index (χ1) is 18.4. The van der Waals surface area contributed by atoms with E-state index in [0.717, 1.165) is 88.1 Å². The van der Waals surface area contributed by atoms with Crippen molar-refractivity contribution in [3.63, 3.8) is 0 Å². The van der Waals surface area contributed by atoms with Crippen LogP contribution in [0.2, 0.25) is 0 Å². The molecule has 6 rings (SSSR count). The SMILES string of the molecule is C[C@H](Oc1cc(N2CC[C@H](N(C)C)C2)nc(-c2noc3c2CCC[C@@]32CCCCC2=O)n1)[C@@H]1CCCN1C. The Labute approximate surface area is 225 Å². The number of nitrogens with zero attached hydrogens (tertiary/aromatic N) is 6. The predicted molar refractivity (Wildman–Crippen MR) is 146 cm³/mol. The number of ketones is 1. The van der Waals surface area contributed by atoms with Crippen molar-refractivity contribution in [3.8, 4) is 17.4 Å². The minimum Gasteiger partial charge on any atom is -0.473 e. The number of fused-ring (bicyclic) bond motifs is 2. The van der Waals surface area contributed by atoms with Gasteiger partial charge in [-0.15, -0.1) is 0 Å². The van der Waals surface area contributed by atoms with E-state index in [1.807, 2.05) is 6.07 Å². The number of aromatic nitrogens is 3. The molecule has 0 amide bonds. The number of likely N-dealkylation sites (N-methyl/N-ethyl adjacent to an activating group) is 2. The van der Waals surface area contributed by atoms with Crippen LogP contribution in [0.15, 0.2) is 10.6 Å². The van der Waals surface area contributed by atoms with Crippen LogP contribution in [0.3, 0.4) is 0 Å². The second-order valence-corrected chi connectivity index (χ2v) is 12.2. The first-order valence-electron chi connectivity index (χ1n) is 14.6. The summed E-state index contributed by atoms with van der Waals surface area (Å²) in [6.07, 6.45) is 9.60. The van der Waals surface area contributed by atoms with E-state index in [2.05, 4.69) is 47.9 Å². The summed E-state index contributed by atoms with van der Waals surface area (Å²) in [6.45, 7) is 5.10. The maximum atomic E-state index is 13.2. The van der Waals surface area contributed by atoms with Gasteiger partial charge in [0, 0.05) is 43.2 Å². The molecule has 2 aliphatic carbocycles. The molecule has 2 aromatic heterocycles. The van der Waals surface area contributed by atoms with Gasteiger partial charge in [-0.1, -0.05) is 11.6 Å². The highest BCUT2D eigenvalue weighted by molar-refractivity contribution is 5.91. The molecule has 1 saturated carbocycles. The van der Waals surface area contributed by atoms with Gasteiger partial charge in [-0.25, -0.2) is 4.98 Å². The van der Waals surface area contributed by atoms with Crippen LogP contribution in [-0.4, -0.2) is 89.7 Å². The minimum absolute atomic E-state index is 0.0144. The van der Waals surface area contributed by atoms with E-state index in [-0.39, 0.29) is 6.10 Å². The molecule has 0 N–H and O–H groups in total. The number of Topliss-reactive ketones (excluding diaryl/α,β-unsaturated/α-hetero) is 1. The summed E-state index contributed by atoms with van der Waals surface area (Å²) in [7, 11) is 6.44. The van der Waals surface area contributed by atoms with Crippen LogP contribution in [0.25, 0.3) is 11.5 Å². The Bertz CT molecular complexity index is 1180. The van der Waals surface area contributed by atoms with E-state index in [9.17, 15) is 4.79 Å². The highest BCUT2D eigenvalue weighted by Crippen LogP contribution is 2.47. The number of anilines is 1. The molecule has 0 radical (unpaired) electrons. The quantitative estimate of drug-likeness (QED) is 0.561. The van der Waals surface area contributed by atoms with Gasteiger partial charge in [0.2, 0.25) is 5.88 Å². The monoisotopic (exact) mass is 522 g/mol. The average Bonchev–Trinajstić information content (AvgIpc) is 3.66. The summed E-state index contributed by atoms with van der Waals surface area (Å²) in [5.74, 6) is 3.09. The van der Waals surface area contributed by atoms with E-state index in [1.165, 1.54) is 6.42 Å². The van der Waals surface area contributed by atoms with E-state index < -0.39 is 5.41 Å². The van der Waals surface area contributed by atoms with Crippen LogP contribution in [0.4, 0.5) is 5.82 Å². The summed E-state index contributed by atoms with van der Waals surface area (Å²) in [6, 6.07) is 2.85. The van der Waals surface area contributed by atoms with Crippen molar-refractivity contribution in [1.82, 2.24) is 24.9 Å². The highest BCUT2D eigenvalue weighted by atomic mass is 16.5. The lowest BCUT2D eigenvalue weighted by molar-refractivity contribution is -0.128. The summed E-state index contributed by atoms with van der Waals surface area (Å²) in [4.78, 5) is 30.1. The van der Waals surface area contributed by atoms with Crippen molar-refractivity contribution in [1.29, 1.82) is 0 Å². The van der Waals surface area contributed by atoms with Gasteiger partial charge in [-0.2, -0.15) is 4.98 Å². The third-order valence-electron chi connectivity index (χ3n) is 9.59. The van der Waals surface area contributed by atoms with E-state index in [1.54, 1.807) is 0 Å². The summed E-state index contributed by atoms with van der Waals surface area (Å²) < 4.78 is 12.5. The molecule has 2 saturated heterocycles. The molecular formula is C29H42N6O3. The molecule has 9 heteroatoms. The zero-order valence-electron chi connectivity index (χ0n) is 23.4. The molecule has 2 aliphatic heterocycles. The maximum absolute atomic E-state index is 13.2. The van der Waals surface area contributed by atoms with Crippen molar-refractivity contribution in [3.05, 3.63) is 17.4 Å². The summed E-state index contributed by atoms with van der Waals surface area (Å²) in [5, 5.41) is 4.53. The number of carbonyl (C=O) groups is 1. The number of rotatable bonds is 6. The van der Waals surface area contributed by atoms with Gasteiger partial charge in [-0.3, -0.25) is 9.69 Å². The van der Waals surface area contributed by atoms with Gasteiger partial charge in [-0.05, 0) is 86.0 Å². The fourth-order valence-electron chi connectivity index (χ4n) is 7.28. The van der Waals surface area contributed by atoms with Crippen LogP contribution in [0.1, 0.15) is 76.0 Å². The van der Waals surface area contributed by atoms with Gasteiger partial charge >= 0.3 is 0 Å². The molecule has 0 unspecified atom stereocenters. The molecule has 4 aliphatic rings. The Kier molecular flexibility index (Phi) is 6.93. The molecule has 0 bridgehead atoms. The second-order valence-electron chi connectivity index (χ2n) is 12.2. The van der Waals surface area contributed by atoms with E-state index >= 15 is 0 Å². The standard InChI is InChI=1S/C29H42N6O3/c1-19(22-10-8-15-34(22)4)37-25-17-24(35-16-12-20(18-35)33(2)3)30-28(31-25)26-21-9-7-14-29(27(21)38-32-26)13-6-5-11-23(29)36/h17,19-20,22H,5-16,18H2,1-4H3/t19-,20-,22-,29+/m0/s1. The van der Waals surface area contributed by atoms with Gasteiger partial charge < -0.3 is 19.1 Å². The van der Waals surface area contributed by atoms with Crippen LogP contribution in [0.5, 0.6) is 5.88 Å². The Morgan fingerprint density at radius 1 is 1.11 bits per heavy atom.